The van der Waals surface area contributed by atoms with Crippen LogP contribution in [0.2, 0.25) is 0 Å². The molecule has 0 atom stereocenters. The summed E-state index contributed by atoms with van der Waals surface area (Å²) in [5.41, 5.74) is 0.149. The van der Waals surface area contributed by atoms with E-state index in [9.17, 15) is 13.2 Å². The van der Waals surface area contributed by atoms with Crippen molar-refractivity contribution in [3.8, 4) is 0 Å². The van der Waals surface area contributed by atoms with Crippen molar-refractivity contribution < 1.29 is 13.2 Å². The lowest BCUT2D eigenvalue weighted by molar-refractivity contribution is -0.137. The summed E-state index contributed by atoms with van der Waals surface area (Å²) in [6.07, 6.45) is 1.00. The van der Waals surface area contributed by atoms with E-state index in [4.69, 9.17) is 0 Å². The fourth-order valence-electron chi connectivity index (χ4n) is 2.31. The van der Waals surface area contributed by atoms with E-state index in [0.717, 1.165) is 17.7 Å². The van der Waals surface area contributed by atoms with Gasteiger partial charge in [0.15, 0.2) is 5.96 Å². The van der Waals surface area contributed by atoms with Crippen molar-refractivity contribution in [1.29, 1.82) is 0 Å². The normalized spacial score (nSPS) is 11.8. The Hall–Kier alpha value is -1.78. The Morgan fingerprint density at radius 2 is 1.96 bits per heavy atom. The maximum Gasteiger partial charge on any atom is 0.416 e. The number of alkyl halides is 3. The maximum absolute atomic E-state index is 12.6. The highest BCUT2D eigenvalue weighted by Gasteiger charge is 2.29. The fourth-order valence-corrected chi connectivity index (χ4v) is 2.31. The molecule has 0 radical (unpaired) electrons. The molecule has 5 nitrogen and oxygen atoms in total. The van der Waals surface area contributed by atoms with Crippen LogP contribution in [0.25, 0.3) is 0 Å². The third kappa shape index (κ3) is 6.85. The predicted molar refractivity (Wildman–Crippen MR) is 107 cm³/mol. The second kappa shape index (κ2) is 10.4. The fraction of sp³-hybridized carbons (Fsp3) is 0.412. The first-order valence-electron chi connectivity index (χ1n) is 8.01. The van der Waals surface area contributed by atoms with Crippen LogP contribution in [-0.2, 0) is 19.3 Å². The number of hydrogen-bond acceptors (Lipinski definition) is 2. The van der Waals surface area contributed by atoms with E-state index in [0.29, 0.717) is 32.1 Å². The quantitative estimate of drug-likeness (QED) is 0.390. The van der Waals surface area contributed by atoms with E-state index in [2.05, 4.69) is 15.3 Å². The molecule has 144 valence electrons. The molecule has 0 saturated carbocycles. The highest BCUT2D eigenvalue weighted by atomic mass is 127. The molecule has 2 rings (SSSR count). The molecule has 26 heavy (non-hydrogen) atoms. The zero-order valence-electron chi connectivity index (χ0n) is 14.7. The van der Waals surface area contributed by atoms with Gasteiger partial charge in [0.2, 0.25) is 0 Å². The van der Waals surface area contributed by atoms with Crippen LogP contribution in [0.5, 0.6) is 0 Å². The Kier molecular flexibility index (Phi) is 8.89. The van der Waals surface area contributed by atoms with Gasteiger partial charge in [-0.15, -0.1) is 24.0 Å². The third-order valence-corrected chi connectivity index (χ3v) is 3.58. The molecular weight excluding hydrogens is 458 g/mol. The monoisotopic (exact) mass is 481 g/mol. The molecule has 1 aromatic heterocycles. The van der Waals surface area contributed by atoms with E-state index in [-0.39, 0.29) is 24.0 Å². The van der Waals surface area contributed by atoms with Crippen LogP contribution < -0.4 is 5.32 Å². The molecule has 1 N–H and O–H groups in total. The molecule has 0 unspecified atom stereocenters. The van der Waals surface area contributed by atoms with Gasteiger partial charge in [-0.25, -0.2) is 4.98 Å². The number of benzene rings is 1. The van der Waals surface area contributed by atoms with Crippen molar-refractivity contribution >= 4 is 29.9 Å². The van der Waals surface area contributed by atoms with E-state index >= 15 is 0 Å². The zero-order valence-corrected chi connectivity index (χ0v) is 17.0. The molecule has 0 aliphatic rings. The summed E-state index contributed by atoms with van der Waals surface area (Å²) in [6.45, 7) is 4.44. The highest BCUT2D eigenvalue weighted by molar-refractivity contribution is 14.0. The first kappa shape index (κ1) is 22.3. The SMILES string of the molecule is CCNC(=NCCn1ccnc1)N(C)Cc1ccc(C(F)(F)F)cc1.I. The predicted octanol–water partition coefficient (Wildman–Crippen LogP) is 3.62. The van der Waals surface area contributed by atoms with Gasteiger partial charge in [0, 0.05) is 39.1 Å². The molecule has 0 bridgehead atoms. The van der Waals surface area contributed by atoms with E-state index in [1.165, 1.54) is 12.1 Å². The summed E-state index contributed by atoms with van der Waals surface area (Å²) in [5, 5.41) is 3.19. The number of aliphatic imine (C=N–C) groups is 1. The number of nitrogens with one attached hydrogen (secondary N) is 1. The summed E-state index contributed by atoms with van der Waals surface area (Å²) in [5.74, 6) is 0.711. The van der Waals surface area contributed by atoms with Gasteiger partial charge >= 0.3 is 6.18 Å². The van der Waals surface area contributed by atoms with Crippen molar-refractivity contribution in [2.45, 2.75) is 26.2 Å². The van der Waals surface area contributed by atoms with Gasteiger partial charge in [0.1, 0.15) is 0 Å². The van der Waals surface area contributed by atoms with Gasteiger partial charge in [-0.3, -0.25) is 4.99 Å². The Bertz CT molecular complexity index is 669. The van der Waals surface area contributed by atoms with Crippen LogP contribution in [0, 0.1) is 0 Å². The molecule has 0 amide bonds. The number of rotatable bonds is 6. The van der Waals surface area contributed by atoms with E-state index in [1.54, 1.807) is 12.5 Å². The van der Waals surface area contributed by atoms with Crippen LogP contribution in [-0.4, -0.2) is 40.5 Å². The molecule has 0 aliphatic carbocycles. The smallest absolute Gasteiger partial charge is 0.357 e. The summed E-state index contributed by atoms with van der Waals surface area (Å²) >= 11 is 0. The molecule has 0 spiro atoms. The van der Waals surface area contributed by atoms with E-state index in [1.807, 2.05) is 29.6 Å². The third-order valence-electron chi connectivity index (χ3n) is 3.58. The van der Waals surface area contributed by atoms with Crippen molar-refractivity contribution in [3.05, 3.63) is 54.1 Å². The Labute approximate surface area is 168 Å². The molecule has 0 aliphatic heterocycles. The Morgan fingerprint density at radius 1 is 1.27 bits per heavy atom. The minimum atomic E-state index is -4.31. The second-order valence-corrected chi connectivity index (χ2v) is 5.59. The van der Waals surface area contributed by atoms with Gasteiger partial charge < -0.3 is 14.8 Å². The highest BCUT2D eigenvalue weighted by Crippen LogP contribution is 2.29. The van der Waals surface area contributed by atoms with Crippen molar-refractivity contribution in [3.63, 3.8) is 0 Å². The summed E-state index contributed by atoms with van der Waals surface area (Å²) in [7, 11) is 1.86. The van der Waals surface area contributed by atoms with E-state index < -0.39 is 11.7 Å². The number of imidazole rings is 1. The summed E-state index contributed by atoms with van der Waals surface area (Å²) < 4.78 is 39.8. The lowest BCUT2D eigenvalue weighted by atomic mass is 10.1. The molecular formula is C17H23F3IN5. The number of halogens is 4. The Morgan fingerprint density at radius 3 is 2.50 bits per heavy atom. The molecule has 1 aromatic carbocycles. The van der Waals surface area contributed by atoms with Crippen molar-refractivity contribution in [1.82, 2.24) is 19.8 Å². The van der Waals surface area contributed by atoms with Crippen LogP contribution in [0.4, 0.5) is 13.2 Å². The standard InChI is InChI=1S/C17H22F3N5.HI/c1-3-22-16(23-9-11-25-10-8-21-13-25)24(2)12-14-4-6-15(7-5-14)17(18,19)20;/h4-8,10,13H,3,9,11-12H2,1-2H3,(H,22,23);1H. The average Bonchev–Trinajstić information content (AvgIpc) is 3.07. The van der Waals surface area contributed by atoms with Gasteiger partial charge in [0.05, 0.1) is 18.4 Å². The minimum Gasteiger partial charge on any atom is -0.357 e. The van der Waals surface area contributed by atoms with Gasteiger partial charge in [-0.1, -0.05) is 12.1 Å². The number of hydrogen-bond donors (Lipinski definition) is 1. The minimum absolute atomic E-state index is 0. The van der Waals surface area contributed by atoms with Gasteiger partial charge in [0.25, 0.3) is 0 Å². The number of nitrogens with zero attached hydrogens (tertiary/aromatic N) is 4. The number of guanidine groups is 1. The topological polar surface area (TPSA) is 45.5 Å². The molecule has 0 fully saturated rings. The molecule has 2 aromatic rings. The van der Waals surface area contributed by atoms with Crippen molar-refractivity contribution in [2.75, 3.05) is 20.1 Å². The lowest BCUT2D eigenvalue weighted by Crippen LogP contribution is -2.38. The van der Waals surface area contributed by atoms with Crippen LogP contribution in [0.3, 0.4) is 0 Å². The zero-order chi connectivity index (χ0) is 18.3. The maximum atomic E-state index is 12.6. The first-order chi connectivity index (χ1) is 11.9. The molecule has 1 heterocycles. The van der Waals surface area contributed by atoms with Crippen LogP contribution in [0.15, 0.2) is 48.0 Å². The van der Waals surface area contributed by atoms with Crippen LogP contribution in [0.1, 0.15) is 18.1 Å². The number of aromatic nitrogens is 2. The summed E-state index contributed by atoms with van der Waals surface area (Å²) in [6, 6.07) is 5.20. The largest absolute Gasteiger partial charge is 0.416 e. The molecule has 0 saturated heterocycles. The average molecular weight is 481 g/mol. The van der Waals surface area contributed by atoms with Crippen molar-refractivity contribution in [2.24, 2.45) is 4.99 Å². The molecule has 9 heteroatoms. The first-order valence-corrected chi connectivity index (χ1v) is 8.01. The van der Waals surface area contributed by atoms with Gasteiger partial charge in [-0.2, -0.15) is 13.2 Å². The van der Waals surface area contributed by atoms with Crippen LogP contribution >= 0.6 is 24.0 Å². The summed E-state index contributed by atoms with van der Waals surface area (Å²) in [4.78, 5) is 10.4. The Balaban J connectivity index is 0.00000338. The second-order valence-electron chi connectivity index (χ2n) is 5.59. The lowest BCUT2D eigenvalue weighted by Gasteiger charge is -2.22. The van der Waals surface area contributed by atoms with Gasteiger partial charge in [-0.05, 0) is 24.6 Å².